The Kier molecular flexibility index (Phi) is 6.08. The van der Waals surface area contributed by atoms with Gasteiger partial charge in [0.05, 0.1) is 17.7 Å². The van der Waals surface area contributed by atoms with Crippen LogP contribution in [0.15, 0.2) is 42.5 Å². The van der Waals surface area contributed by atoms with E-state index < -0.39 is 11.8 Å². The maximum absolute atomic E-state index is 13.6. The Morgan fingerprint density at radius 2 is 1.78 bits per heavy atom. The molecule has 0 heterocycles. The van der Waals surface area contributed by atoms with Crippen LogP contribution >= 0.6 is 0 Å². The van der Waals surface area contributed by atoms with Crippen LogP contribution in [0.2, 0.25) is 0 Å². The van der Waals surface area contributed by atoms with Crippen molar-refractivity contribution in [3.63, 3.8) is 0 Å². The zero-order valence-electron chi connectivity index (χ0n) is 15.3. The van der Waals surface area contributed by atoms with Crippen LogP contribution in [0, 0.1) is 29.0 Å². The lowest BCUT2D eigenvalue weighted by Crippen LogP contribution is -2.18. The van der Waals surface area contributed by atoms with E-state index in [1.807, 2.05) is 0 Å². The van der Waals surface area contributed by atoms with Crippen LogP contribution in [0.3, 0.4) is 0 Å². The molecule has 0 N–H and O–H groups in total. The van der Waals surface area contributed by atoms with E-state index in [0.29, 0.717) is 18.1 Å². The lowest BCUT2D eigenvalue weighted by Gasteiger charge is -2.26. The summed E-state index contributed by atoms with van der Waals surface area (Å²) in [5.41, 5.74) is 0.252. The molecule has 4 nitrogen and oxygen atoms in total. The second kappa shape index (κ2) is 8.68. The molecule has 0 unspecified atom stereocenters. The van der Waals surface area contributed by atoms with E-state index in [2.05, 4.69) is 6.92 Å². The molecule has 2 aromatic carbocycles. The van der Waals surface area contributed by atoms with Gasteiger partial charge in [0.15, 0.2) is 0 Å². The molecule has 0 aromatic heterocycles. The number of esters is 1. The van der Waals surface area contributed by atoms with Gasteiger partial charge in [0.2, 0.25) is 0 Å². The molecule has 1 fully saturated rings. The number of rotatable bonds is 5. The van der Waals surface area contributed by atoms with Gasteiger partial charge in [-0.05, 0) is 61.1 Å². The van der Waals surface area contributed by atoms with Crippen LogP contribution in [-0.2, 0) is 0 Å². The highest BCUT2D eigenvalue weighted by Gasteiger charge is 2.18. The van der Waals surface area contributed by atoms with Gasteiger partial charge in [0.1, 0.15) is 23.4 Å². The summed E-state index contributed by atoms with van der Waals surface area (Å²) in [5.74, 6) is 0.877. The van der Waals surface area contributed by atoms with Crippen LogP contribution in [0.5, 0.6) is 11.5 Å². The van der Waals surface area contributed by atoms with E-state index in [0.717, 1.165) is 17.7 Å². The molecular weight excluding hydrogens is 345 g/mol. The number of benzene rings is 2. The Morgan fingerprint density at radius 1 is 1.11 bits per heavy atom. The minimum absolute atomic E-state index is 0.0587. The summed E-state index contributed by atoms with van der Waals surface area (Å²) in [4.78, 5) is 12.2. The highest BCUT2D eigenvalue weighted by molar-refractivity contribution is 5.91. The maximum Gasteiger partial charge on any atom is 0.343 e. The molecule has 0 atom stereocenters. The minimum Gasteiger partial charge on any atom is -0.493 e. The molecule has 1 saturated carbocycles. The smallest absolute Gasteiger partial charge is 0.343 e. The third-order valence-corrected chi connectivity index (χ3v) is 4.98. The van der Waals surface area contributed by atoms with Crippen molar-refractivity contribution in [2.45, 2.75) is 32.6 Å². The monoisotopic (exact) mass is 367 g/mol. The van der Waals surface area contributed by atoms with Crippen molar-refractivity contribution in [3.05, 3.63) is 59.4 Å². The number of halogens is 1. The highest BCUT2D eigenvalue weighted by atomic mass is 19.1. The van der Waals surface area contributed by atoms with Crippen LogP contribution in [0.25, 0.3) is 0 Å². The molecule has 3 rings (SSSR count). The molecule has 0 aliphatic heterocycles. The van der Waals surface area contributed by atoms with Gasteiger partial charge < -0.3 is 9.47 Å². The largest absolute Gasteiger partial charge is 0.493 e. The first-order chi connectivity index (χ1) is 13.0. The summed E-state index contributed by atoms with van der Waals surface area (Å²) in [5, 5.41) is 8.72. The molecule has 1 aliphatic carbocycles. The average Bonchev–Trinajstić information content (AvgIpc) is 2.68. The molecule has 0 saturated heterocycles. The number of carbonyl (C=O) groups excluding carboxylic acids is 1. The standard InChI is InChI=1S/C22H22FNO3/c1-15-2-4-16(5-3-15)14-26-19-9-6-17(7-10-19)22(25)27-20-11-8-18(13-24)21(23)12-20/h6-12,15-16H,2-5,14H2,1H3/t15-,16-. The molecule has 0 bridgehead atoms. The summed E-state index contributed by atoms with van der Waals surface area (Å²) in [6.07, 6.45) is 4.92. The Bertz CT molecular complexity index is 834. The van der Waals surface area contributed by atoms with E-state index >= 15 is 0 Å². The summed E-state index contributed by atoms with van der Waals surface area (Å²) in [6.45, 7) is 2.99. The fraction of sp³-hybridized carbons (Fsp3) is 0.364. The lowest BCUT2D eigenvalue weighted by atomic mass is 9.83. The molecule has 2 aromatic rings. The zero-order valence-corrected chi connectivity index (χ0v) is 15.3. The first-order valence-corrected chi connectivity index (χ1v) is 9.20. The van der Waals surface area contributed by atoms with Gasteiger partial charge >= 0.3 is 5.97 Å². The molecule has 1 aliphatic rings. The number of nitrogens with zero attached hydrogens (tertiary/aromatic N) is 1. The van der Waals surface area contributed by atoms with Crippen molar-refractivity contribution in [2.75, 3.05) is 6.61 Å². The molecule has 0 spiro atoms. The molecular formula is C22H22FNO3. The van der Waals surface area contributed by atoms with Crippen molar-refractivity contribution in [1.82, 2.24) is 0 Å². The normalized spacial score (nSPS) is 19.1. The minimum atomic E-state index is -0.719. The molecule has 27 heavy (non-hydrogen) atoms. The fourth-order valence-electron chi connectivity index (χ4n) is 3.21. The summed E-state index contributed by atoms with van der Waals surface area (Å²) >= 11 is 0. The van der Waals surface area contributed by atoms with Crippen LogP contribution in [0.1, 0.15) is 48.5 Å². The van der Waals surface area contributed by atoms with Gasteiger partial charge in [0.25, 0.3) is 0 Å². The fourth-order valence-corrected chi connectivity index (χ4v) is 3.21. The van der Waals surface area contributed by atoms with Gasteiger partial charge in [-0.1, -0.05) is 19.8 Å². The van der Waals surface area contributed by atoms with Gasteiger partial charge in [-0.3, -0.25) is 0 Å². The van der Waals surface area contributed by atoms with Gasteiger partial charge in [-0.2, -0.15) is 5.26 Å². The van der Waals surface area contributed by atoms with Gasteiger partial charge in [-0.25, -0.2) is 9.18 Å². The number of nitriles is 1. The SMILES string of the molecule is C[C@H]1CC[C@H](COc2ccc(C(=O)Oc3ccc(C#N)c(F)c3)cc2)CC1. The first kappa shape index (κ1) is 18.9. The third-order valence-electron chi connectivity index (χ3n) is 4.98. The van der Waals surface area contributed by atoms with E-state index in [1.54, 1.807) is 30.3 Å². The predicted octanol–water partition coefficient (Wildman–Crippen LogP) is 5.12. The Balaban J connectivity index is 1.54. The lowest BCUT2D eigenvalue weighted by molar-refractivity contribution is 0.0734. The summed E-state index contributed by atoms with van der Waals surface area (Å²) in [6, 6.07) is 12.1. The van der Waals surface area contributed by atoms with Crippen LogP contribution in [-0.4, -0.2) is 12.6 Å². The molecule has 0 amide bonds. The quantitative estimate of drug-likeness (QED) is 0.543. The van der Waals surface area contributed by atoms with Gasteiger partial charge in [0, 0.05) is 6.07 Å². The second-order valence-corrected chi connectivity index (χ2v) is 7.10. The second-order valence-electron chi connectivity index (χ2n) is 7.10. The van der Waals surface area contributed by atoms with Crippen molar-refractivity contribution >= 4 is 5.97 Å². The number of carbonyl (C=O) groups is 1. The van der Waals surface area contributed by atoms with E-state index in [9.17, 15) is 9.18 Å². The van der Waals surface area contributed by atoms with Crippen molar-refractivity contribution < 1.29 is 18.7 Å². The Hall–Kier alpha value is -2.87. The van der Waals surface area contributed by atoms with Crippen LogP contribution in [0.4, 0.5) is 4.39 Å². The van der Waals surface area contributed by atoms with Crippen LogP contribution < -0.4 is 9.47 Å². The molecule has 5 heteroatoms. The number of ether oxygens (including phenoxy) is 2. The predicted molar refractivity (Wildman–Crippen MR) is 99.1 cm³/mol. The summed E-state index contributed by atoms with van der Waals surface area (Å²) < 4.78 is 24.6. The van der Waals surface area contributed by atoms with Crippen molar-refractivity contribution in [2.24, 2.45) is 11.8 Å². The van der Waals surface area contributed by atoms with Crippen molar-refractivity contribution in [1.29, 1.82) is 5.26 Å². The molecule has 140 valence electrons. The number of hydrogen-bond acceptors (Lipinski definition) is 4. The summed E-state index contributed by atoms with van der Waals surface area (Å²) in [7, 11) is 0. The zero-order chi connectivity index (χ0) is 19.2. The van der Waals surface area contributed by atoms with Gasteiger partial charge in [-0.15, -0.1) is 0 Å². The number of hydrogen-bond donors (Lipinski definition) is 0. The van der Waals surface area contributed by atoms with Crippen molar-refractivity contribution in [3.8, 4) is 17.6 Å². The molecule has 0 radical (unpaired) electrons. The topological polar surface area (TPSA) is 59.3 Å². The Morgan fingerprint density at radius 3 is 2.41 bits per heavy atom. The Labute approximate surface area is 158 Å². The average molecular weight is 367 g/mol. The third kappa shape index (κ3) is 5.07. The van der Waals surface area contributed by atoms with E-state index in [4.69, 9.17) is 14.7 Å². The van der Waals surface area contributed by atoms with E-state index in [1.165, 1.54) is 37.8 Å². The first-order valence-electron chi connectivity index (χ1n) is 9.20. The maximum atomic E-state index is 13.6. The highest BCUT2D eigenvalue weighted by Crippen LogP contribution is 2.29. The van der Waals surface area contributed by atoms with E-state index in [-0.39, 0.29) is 11.3 Å².